The van der Waals surface area contributed by atoms with Gasteiger partial charge in [-0.2, -0.15) is 5.26 Å². The molecule has 0 saturated carbocycles. The van der Waals surface area contributed by atoms with Crippen LogP contribution in [-0.4, -0.2) is 5.11 Å². The third-order valence-corrected chi connectivity index (χ3v) is 3.94. The van der Waals surface area contributed by atoms with Crippen molar-refractivity contribution >= 4 is 21.4 Å². The molecule has 0 atom stereocenters. The van der Waals surface area contributed by atoms with Gasteiger partial charge in [-0.15, -0.1) is 11.3 Å². The molecule has 0 radical (unpaired) electrons. The first-order valence-electron chi connectivity index (χ1n) is 5.50. The number of nitriles is 1. The van der Waals surface area contributed by atoms with Gasteiger partial charge in [0.1, 0.15) is 10.9 Å². The number of benzene rings is 2. The van der Waals surface area contributed by atoms with Gasteiger partial charge in [-0.05, 0) is 23.3 Å². The van der Waals surface area contributed by atoms with Gasteiger partial charge in [0, 0.05) is 10.1 Å². The fourth-order valence-corrected chi connectivity index (χ4v) is 2.84. The summed E-state index contributed by atoms with van der Waals surface area (Å²) in [5, 5.41) is 19.6. The average Bonchev–Trinajstić information content (AvgIpc) is 2.76. The Balaban J connectivity index is 2.23. The molecule has 0 unspecified atom stereocenters. The third kappa shape index (κ3) is 1.64. The van der Waals surface area contributed by atoms with E-state index in [0.29, 0.717) is 4.88 Å². The van der Waals surface area contributed by atoms with Gasteiger partial charge in [-0.1, -0.05) is 36.4 Å². The molecule has 3 heteroatoms. The fourth-order valence-electron chi connectivity index (χ4n) is 1.97. The van der Waals surface area contributed by atoms with Crippen LogP contribution < -0.4 is 0 Å². The Morgan fingerprint density at radius 3 is 2.50 bits per heavy atom. The zero-order valence-corrected chi connectivity index (χ0v) is 10.2. The first-order valence-corrected chi connectivity index (χ1v) is 6.32. The molecule has 1 heterocycles. The van der Waals surface area contributed by atoms with E-state index in [9.17, 15) is 5.11 Å². The topological polar surface area (TPSA) is 44.0 Å². The van der Waals surface area contributed by atoms with Crippen molar-refractivity contribution in [3.63, 3.8) is 0 Å². The zero-order valence-electron chi connectivity index (χ0n) is 9.42. The van der Waals surface area contributed by atoms with Crippen molar-refractivity contribution < 1.29 is 5.11 Å². The van der Waals surface area contributed by atoms with Crippen LogP contribution in [0, 0.1) is 11.3 Å². The predicted octanol–water partition coefficient (Wildman–Crippen LogP) is 4.15. The SMILES string of the molecule is N#Cc1sc2ccc(-c3ccccc3)cc2c1O. The Kier molecular flexibility index (Phi) is 2.51. The van der Waals surface area contributed by atoms with Gasteiger partial charge in [-0.25, -0.2) is 0 Å². The maximum Gasteiger partial charge on any atom is 0.152 e. The van der Waals surface area contributed by atoms with Crippen LogP contribution in [0.5, 0.6) is 5.75 Å². The lowest BCUT2D eigenvalue weighted by Gasteiger charge is -2.01. The molecule has 2 aromatic carbocycles. The Bertz CT molecular complexity index is 753. The van der Waals surface area contributed by atoms with Crippen molar-refractivity contribution in [1.29, 1.82) is 5.26 Å². The van der Waals surface area contributed by atoms with E-state index in [4.69, 9.17) is 5.26 Å². The lowest BCUT2D eigenvalue weighted by atomic mass is 10.0. The second-order valence-corrected chi connectivity index (χ2v) is 5.02. The summed E-state index contributed by atoms with van der Waals surface area (Å²) in [5.41, 5.74) is 2.14. The van der Waals surface area contributed by atoms with Crippen LogP contribution in [0.1, 0.15) is 4.88 Å². The smallest absolute Gasteiger partial charge is 0.152 e. The van der Waals surface area contributed by atoms with Crippen molar-refractivity contribution in [3.05, 3.63) is 53.4 Å². The molecule has 2 nitrogen and oxygen atoms in total. The van der Waals surface area contributed by atoms with Gasteiger partial charge in [0.15, 0.2) is 5.75 Å². The number of aromatic hydroxyl groups is 1. The largest absolute Gasteiger partial charge is 0.505 e. The first-order chi connectivity index (χ1) is 8.79. The number of rotatable bonds is 1. The first kappa shape index (κ1) is 10.8. The van der Waals surface area contributed by atoms with E-state index in [0.717, 1.165) is 21.2 Å². The summed E-state index contributed by atoms with van der Waals surface area (Å²) in [5.74, 6) is 0.0929. The van der Waals surface area contributed by atoms with Crippen LogP contribution in [0.25, 0.3) is 21.2 Å². The lowest BCUT2D eigenvalue weighted by molar-refractivity contribution is 0.482. The molecule has 0 saturated heterocycles. The van der Waals surface area contributed by atoms with E-state index in [1.165, 1.54) is 11.3 Å². The Hall–Kier alpha value is -2.31. The monoisotopic (exact) mass is 251 g/mol. The minimum absolute atomic E-state index is 0.0929. The third-order valence-electron chi connectivity index (χ3n) is 2.87. The van der Waals surface area contributed by atoms with E-state index in [-0.39, 0.29) is 5.75 Å². The molecule has 0 amide bonds. The Labute approximate surface area is 108 Å². The Morgan fingerprint density at radius 1 is 1.00 bits per heavy atom. The number of hydrogen-bond acceptors (Lipinski definition) is 3. The molecule has 1 N–H and O–H groups in total. The van der Waals surface area contributed by atoms with Crippen LogP contribution in [0.4, 0.5) is 0 Å². The summed E-state index contributed by atoms with van der Waals surface area (Å²) in [7, 11) is 0. The van der Waals surface area contributed by atoms with E-state index in [1.807, 2.05) is 54.6 Å². The molecule has 18 heavy (non-hydrogen) atoms. The highest BCUT2D eigenvalue weighted by atomic mass is 32.1. The second kappa shape index (κ2) is 4.17. The lowest BCUT2D eigenvalue weighted by Crippen LogP contribution is -1.76. The summed E-state index contributed by atoms with van der Waals surface area (Å²) in [6, 6.07) is 17.9. The highest BCUT2D eigenvalue weighted by Gasteiger charge is 2.11. The van der Waals surface area contributed by atoms with Crippen LogP contribution in [0.2, 0.25) is 0 Å². The molecule has 0 spiro atoms. The van der Waals surface area contributed by atoms with Crippen molar-refractivity contribution in [2.45, 2.75) is 0 Å². The number of hydrogen-bond donors (Lipinski definition) is 1. The summed E-state index contributed by atoms with van der Waals surface area (Å²) < 4.78 is 0.934. The summed E-state index contributed by atoms with van der Waals surface area (Å²) >= 11 is 1.32. The average molecular weight is 251 g/mol. The molecule has 0 bridgehead atoms. The zero-order chi connectivity index (χ0) is 12.5. The maximum atomic E-state index is 9.95. The molecule has 1 aromatic heterocycles. The Morgan fingerprint density at radius 2 is 1.78 bits per heavy atom. The minimum Gasteiger partial charge on any atom is -0.505 e. The van der Waals surface area contributed by atoms with Gasteiger partial charge < -0.3 is 5.11 Å². The molecule has 0 aliphatic heterocycles. The minimum atomic E-state index is 0.0929. The second-order valence-electron chi connectivity index (χ2n) is 3.97. The number of fused-ring (bicyclic) bond motifs is 1. The van der Waals surface area contributed by atoms with Crippen molar-refractivity contribution in [2.24, 2.45) is 0 Å². The maximum absolute atomic E-state index is 9.95. The van der Waals surface area contributed by atoms with E-state index in [1.54, 1.807) is 0 Å². The predicted molar refractivity (Wildman–Crippen MR) is 73.6 cm³/mol. The number of nitrogens with zero attached hydrogens (tertiary/aromatic N) is 1. The van der Waals surface area contributed by atoms with E-state index < -0.39 is 0 Å². The fraction of sp³-hybridized carbons (Fsp3) is 0. The molecule has 0 aliphatic carbocycles. The van der Waals surface area contributed by atoms with Gasteiger partial charge in [0.05, 0.1) is 0 Å². The number of thiophene rings is 1. The van der Waals surface area contributed by atoms with Crippen LogP contribution in [0.3, 0.4) is 0 Å². The molecule has 0 aliphatic rings. The molecular formula is C15H9NOS. The van der Waals surface area contributed by atoms with Crippen LogP contribution in [0.15, 0.2) is 48.5 Å². The highest BCUT2D eigenvalue weighted by Crippen LogP contribution is 2.38. The molecule has 0 fully saturated rings. The highest BCUT2D eigenvalue weighted by molar-refractivity contribution is 7.20. The molecular weight excluding hydrogens is 242 g/mol. The van der Waals surface area contributed by atoms with E-state index >= 15 is 0 Å². The van der Waals surface area contributed by atoms with E-state index in [2.05, 4.69) is 0 Å². The van der Waals surface area contributed by atoms with Crippen LogP contribution in [-0.2, 0) is 0 Å². The molecule has 86 valence electrons. The van der Waals surface area contributed by atoms with Gasteiger partial charge in [-0.3, -0.25) is 0 Å². The van der Waals surface area contributed by atoms with Crippen molar-refractivity contribution in [2.75, 3.05) is 0 Å². The van der Waals surface area contributed by atoms with Crippen LogP contribution >= 0.6 is 11.3 Å². The van der Waals surface area contributed by atoms with Crippen molar-refractivity contribution in [3.8, 4) is 22.9 Å². The summed E-state index contributed by atoms with van der Waals surface area (Å²) in [6.45, 7) is 0. The van der Waals surface area contributed by atoms with Gasteiger partial charge in [0.25, 0.3) is 0 Å². The summed E-state index contributed by atoms with van der Waals surface area (Å²) in [4.78, 5) is 0.371. The van der Waals surface area contributed by atoms with Gasteiger partial charge in [0.2, 0.25) is 0 Å². The normalized spacial score (nSPS) is 10.4. The molecule has 3 rings (SSSR count). The standard InChI is InChI=1S/C15H9NOS/c16-9-14-15(17)12-8-11(6-7-13(12)18-14)10-4-2-1-3-5-10/h1-8,17H. The van der Waals surface area contributed by atoms with Gasteiger partial charge >= 0.3 is 0 Å². The quantitative estimate of drug-likeness (QED) is 0.706. The summed E-state index contributed by atoms with van der Waals surface area (Å²) in [6.07, 6.45) is 0. The van der Waals surface area contributed by atoms with Crippen molar-refractivity contribution in [1.82, 2.24) is 0 Å². The molecule has 3 aromatic rings.